The Kier molecular flexibility index (Phi) is 6.59. The SMILES string of the molecule is CCOc1ccc(-c2[nH]nc3c2C(c2cc(OC)c(OC)c(OC)c2)C(C#N)=C(N)O3)cc1OC. The molecule has 1 aliphatic rings. The van der Waals surface area contributed by atoms with E-state index >= 15 is 0 Å². The topological polar surface area (TPSA) is 134 Å². The maximum absolute atomic E-state index is 10.0. The number of nitriles is 1. The number of hydrogen-bond donors (Lipinski definition) is 2. The van der Waals surface area contributed by atoms with E-state index in [1.54, 1.807) is 19.2 Å². The molecule has 4 rings (SSSR count). The fourth-order valence-electron chi connectivity index (χ4n) is 4.16. The van der Waals surface area contributed by atoms with Gasteiger partial charge in [0.05, 0.1) is 52.2 Å². The first-order valence-electron chi connectivity index (χ1n) is 10.8. The molecule has 0 spiro atoms. The molecule has 0 saturated heterocycles. The van der Waals surface area contributed by atoms with Crippen LogP contribution in [0.15, 0.2) is 41.8 Å². The maximum atomic E-state index is 10.0. The predicted molar refractivity (Wildman–Crippen MR) is 127 cm³/mol. The lowest BCUT2D eigenvalue weighted by Gasteiger charge is -2.25. The summed E-state index contributed by atoms with van der Waals surface area (Å²) in [5.41, 5.74) is 9.08. The molecular formula is C25H26N4O6. The van der Waals surface area contributed by atoms with Crippen molar-refractivity contribution in [1.82, 2.24) is 10.2 Å². The smallest absolute Gasteiger partial charge is 0.244 e. The highest BCUT2D eigenvalue weighted by atomic mass is 16.5. The van der Waals surface area contributed by atoms with Crippen molar-refractivity contribution in [3.05, 3.63) is 52.9 Å². The number of H-pyrrole nitrogens is 1. The normalized spacial score (nSPS) is 14.5. The minimum absolute atomic E-state index is 0.0268. The highest BCUT2D eigenvalue weighted by Crippen LogP contribution is 2.49. The van der Waals surface area contributed by atoms with Crippen molar-refractivity contribution in [2.75, 3.05) is 35.0 Å². The Bertz CT molecular complexity index is 1300. The van der Waals surface area contributed by atoms with Crippen LogP contribution in [0, 0.1) is 11.3 Å². The highest BCUT2D eigenvalue weighted by Gasteiger charge is 2.37. The van der Waals surface area contributed by atoms with E-state index in [-0.39, 0.29) is 17.3 Å². The summed E-state index contributed by atoms with van der Waals surface area (Å²) < 4.78 is 33.4. The number of hydrogen-bond acceptors (Lipinski definition) is 9. The van der Waals surface area contributed by atoms with Gasteiger partial charge in [0.15, 0.2) is 23.0 Å². The van der Waals surface area contributed by atoms with Crippen molar-refractivity contribution in [2.24, 2.45) is 5.73 Å². The second-order valence-corrected chi connectivity index (χ2v) is 7.50. The van der Waals surface area contributed by atoms with Crippen LogP contribution in [0.25, 0.3) is 11.3 Å². The number of rotatable bonds is 8. The summed E-state index contributed by atoms with van der Waals surface area (Å²) in [5, 5.41) is 17.4. The summed E-state index contributed by atoms with van der Waals surface area (Å²) in [5.74, 6) is 2.12. The van der Waals surface area contributed by atoms with Crippen LogP contribution in [0.3, 0.4) is 0 Å². The van der Waals surface area contributed by atoms with Crippen molar-refractivity contribution in [2.45, 2.75) is 12.8 Å². The molecule has 35 heavy (non-hydrogen) atoms. The largest absolute Gasteiger partial charge is 0.493 e. The second kappa shape index (κ2) is 9.77. The number of ether oxygens (including phenoxy) is 6. The molecule has 0 aliphatic carbocycles. The minimum Gasteiger partial charge on any atom is -0.493 e. The summed E-state index contributed by atoms with van der Waals surface area (Å²) >= 11 is 0. The monoisotopic (exact) mass is 478 g/mol. The first-order valence-corrected chi connectivity index (χ1v) is 10.8. The Hall–Kier alpha value is -4.52. The number of allylic oxidation sites excluding steroid dienone is 1. The van der Waals surface area contributed by atoms with Gasteiger partial charge in [0.1, 0.15) is 11.6 Å². The van der Waals surface area contributed by atoms with Crippen molar-refractivity contribution in [3.8, 4) is 52.0 Å². The van der Waals surface area contributed by atoms with E-state index in [9.17, 15) is 5.26 Å². The Balaban J connectivity index is 1.94. The van der Waals surface area contributed by atoms with E-state index in [0.717, 1.165) is 5.56 Å². The van der Waals surface area contributed by atoms with Gasteiger partial charge in [-0.2, -0.15) is 5.26 Å². The molecule has 3 N–H and O–H groups in total. The van der Waals surface area contributed by atoms with Gasteiger partial charge < -0.3 is 34.2 Å². The lowest BCUT2D eigenvalue weighted by atomic mass is 9.82. The average Bonchev–Trinajstić information content (AvgIpc) is 3.30. The molecule has 0 radical (unpaired) electrons. The minimum atomic E-state index is -0.622. The summed E-state index contributed by atoms with van der Waals surface area (Å²) in [6, 6.07) is 11.3. The summed E-state index contributed by atoms with van der Waals surface area (Å²) in [6.45, 7) is 2.40. The number of nitrogens with zero attached hydrogens (tertiary/aromatic N) is 2. The van der Waals surface area contributed by atoms with Crippen LogP contribution in [0.5, 0.6) is 34.6 Å². The van der Waals surface area contributed by atoms with E-state index in [2.05, 4.69) is 16.3 Å². The number of methoxy groups -OCH3 is 4. The molecular weight excluding hydrogens is 452 g/mol. The fraction of sp³-hybridized carbons (Fsp3) is 0.280. The van der Waals surface area contributed by atoms with E-state index in [1.165, 1.54) is 21.3 Å². The van der Waals surface area contributed by atoms with Crippen LogP contribution < -0.4 is 34.2 Å². The van der Waals surface area contributed by atoms with Crippen LogP contribution in [0.4, 0.5) is 0 Å². The van der Waals surface area contributed by atoms with Crippen LogP contribution in [0.1, 0.15) is 24.0 Å². The molecule has 0 bridgehead atoms. The van der Waals surface area contributed by atoms with Crippen molar-refractivity contribution >= 4 is 0 Å². The summed E-state index contributed by atoms with van der Waals surface area (Å²) in [4.78, 5) is 0. The predicted octanol–water partition coefficient (Wildman–Crippen LogP) is 3.73. The lowest BCUT2D eigenvalue weighted by Crippen LogP contribution is -2.21. The van der Waals surface area contributed by atoms with E-state index in [1.807, 2.05) is 25.1 Å². The molecule has 10 heteroatoms. The third kappa shape index (κ3) is 4.01. The highest BCUT2D eigenvalue weighted by molar-refractivity contribution is 5.73. The van der Waals surface area contributed by atoms with Gasteiger partial charge in [-0.15, -0.1) is 5.10 Å². The number of aromatic amines is 1. The van der Waals surface area contributed by atoms with E-state index in [4.69, 9.17) is 34.2 Å². The quantitative estimate of drug-likeness (QED) is 0.497. The number of nitrogens with two attached hydrogens (primary N) is 1. The zero-order chi connectivity index (χ0) is 25.1. The van der Waals surface area contributed by atoms with Crippen LogP contribution in [-0.4, -0.2) is 45.2 Å². The van der Waals surface area contributed by atoms with Gasteiger partial charge in [0, 0.05) is 5.56 Å². The maximum Gasteiger partial charge on any atom is 0.244 e. The molecule has 2 heterocycles. The van der Waals surface area contributed by atoms with Crippen molar-refractivity contribution < 1.29 is 28.4 Å². The van der Waals surface area contributed by atoms with E-state index in [0.29, 0.717) is 52.2 Å². The van der Waals surface area contributed by atoms with E-state index < -0.39 is 5.92 Å². The Labute approximate surface area is 202 Å². The first kappa shape index (κ1) is 23.6. The Morgan fingerprint density at radius 1 is 1.00 bits per heavy atom. The van der Waals surface area contributed by atoms with Gasteiger partial charge in [-0.3, -0.25) is 5.10 Å². The molecule has 0 saturated carbocycles. The molecule has 1 aromatic heterocycles. The number of nitrogens with one attached hydrogen (secondary N) is 1. The van der Waals surface area contributed by atoms with Gasteiger partial charge in [0.2, 0.25) is 17.5 Å². The Morgan fingerprint density at radius 2 is 1.69 bits per heavy atom. The third-order valence-corrected chi connectivity index (χ3v) is 5.71. The molecule has 1 atom stereocenters. The second-order valence-electron chi connectivity index (χ2n) is 7.50. The van der Waals surface area contributed by atoms with Gasteiger partial charge in [-0.05, 0) is 42.8 Å². The average molecular weight is 479 g/mol. The number of benzene rings is 2. The zero-order valence-corrected chi connectivity index (χ0v) is 20.1. The first-order chi connectivity index (χ1) is 17.0. The molecule has 0 fully saturated rings. The fourth-order valence-corrected chi connectivity index (χ4v) is 4.16. The van der Waals surface area contributed by atoms with Gasteiger partial charge in [-0.1, -0.05) is 0 Å². The molecule has 3 aromatic rings. The van der Waals surface area contributed by atoms with Crippen molar-refractivity contribution in [3.63, 3.8) is 0 Å². The van der Waals surface area contributed by atoms with Crippen LogP contribution >= 0.6 is 0 Å². The summed E-state index contributed by atoms with van der Waals surface area (Å²) in [6.07, 6.45) is 0. The molecule has 182 valence electrons. The van der Waals surface area contributed by atoms with Crippen molar-refractivity contribution in [1.29, 1.82) is 5.26 Å². The van der Waals surface area contributed by atoms with Gasteiger partial charge >= 0.3 is 0 Å². The van der Waals surface area contributed by atoms with Gasteiger partial charge in [0.25, 0.3) is 0 Å². The Morgan fingerprint density at radius 3 is 2.26 bits per heavy atom. The third-order valence-electron chi connectivity index (χ3n) is 5.71. The summed E-state index contributed by atoms with van der Waals surface area (Å²) in [7, 11) is 6.16. The number of aromatic nitrogens is 2. The molecule has 10 nitrogen and oxygen atoms in total. The van der Waals surface area contributed by atoms with Crippen LogP contribution in [-0.2, 0) is 0 Å². The lowest BCUT2D eigenvalue weighted by molar-refractivity contribution is 0.311. The zero-order valence-electron chi connectivity index (χ0n) is 20.1. The van der Waals surface area contributed by atoms with Gasteiger partial charge in [-0.25, -0.2) is 0 Å². The molecule has 2 aromatic carbocycles. The standard InChI is InChI=1S/C25H26N4O6/c1-6-34-16-8-7-13(9-17(16)30-2)22-21-20(15(12-26)24(27)35-25(21)29-28-22)14-10-18(31-3)23(33-5)19(11-14)32-4/h7-11,20H,6,27H2,1-5H3,(H,28,29). The molecule has 0 amide bonds. The molecule has 1 unspecified atom stereocenters. The molecule has 1 aliphatic heterocycles. The number of fused-ring (bicyclic) bond motifs is 1. The van der Waals surface area contributed by atoms with Crippen LogP contribution in [0.2, 0.25) is 0 Å².